The van der Waals surface area contributed by atoms with E-state index in [0.29, 0.717) is 5.02 Å². The van der Waals surface area contributed by atoms with E-state index >= 15 is 0 Å². The highest BCUT2D eigenvalue weighted by molar-refractivity contribution is 7.89. The average molecular weight is 289 g/mol. The van der Waals surface area contributed by atoms with Gasteiger partial charge in [0.05, 0.1) is 4.90 Å². The van der Waals surface area contributed by atoms with Crippen molar-refractivity contribution in [3.63, 3.8) is 0 Å². The summed E-state index contributed by atoms with van der Waals surface area (Å²) >= 11 is 5.81. The molecular weight excluding hydrogens is 272 g/mol. The van der Waals surface area contributed by atoms with Crippen LogP contribution in [0.2, 0.25) is 5.02 Å². The standard InChI is InChI=1S/C12H17ClN2O2S/c1-15-7-5-11(6-8-15)14-18(16,17)12-4-2-3-10(13)9-12/h2-4,9,11,14H,5-8H2,1H3. The molecule has 18 heavy (non-hydrogen) atoms. The van der Waals surface area contributed by atoms with Gasteiger partial charge < -0.3 is 4.90 Å². The summed E-state index contributed by atoms with van der Waals surface area (Å²) in [5.41, 5.74) is 0. The van der Waals surface area contributed by atoms with E-state index in [2.05, 4.69) is 9.62 Å². The van der Waals surface area contributed by atoms with Crippen molar-refractivity contribution < 1.29 is 8.42 Å². The normalized spacial score (nSPS) is 19.0. The van der Waals surface area contributed by atoms with E-state index < -0.39 is 10.0 Å². The smallest absolute Gasteiger partial charge is 0.240 e. The minimum Gasteiger partial charge on any atom is -0.306 e. The van der Waals surface area contributed by atoms with Crippen molar-refractivity contribution in [2.24, 2.45) is 0 Å². The Morgan fingerprint density at radius 2 is 2.00 bits per heavy atom. The second kappa shape index (κ2) is 5.57. The topological polar surface area (TPSA) is 49.4 Å². The molecule has 1 aliphatic heterocycles. The number of hydrogen-bond donors (Lipinski definition) is 1. The van der Waals surface area contributed by atoms with Gasteiger partial charge >= 0.3 is 0 Å². The van der Waals surface area contributed by atoms with Crippen LogP contribution in [-0.4, -0.2) is 39.5 Å². The zero-order valence-corrected chi connectivity index (χ0v) is 11.8. The third-order valence-corrected chi connectivity index (χ3v) is 4.90. The Balaban J connectivity index is 2.08. The maximum atomic E-state index is 12.2. The van der Waals surface area contributed by atoms with Gasteiger partial charge in [-0.15, -0.1) is 0 Å². The van der Waals surface area contributed by atoms with E-state index in [1.54, 1.807) is 18.2 Å². The monoisotopic (exact) mass is 288 g/mol. The number of benzene rings is 1. The number of halogens is 1. The molecule has 1 aromatic rings. The van der Waals surface area contributed by atoms with Gasteiger partial charge in [0, 0.05) is 11.1 Å². The lowest BCUT2D eigenvalue weighted by Gasteiger charge is -2.29. The van der Waals surface area contributed by atoms with Crippen molar-refractivity contribution in [2.45, 2.75) is 23.8 Å². The SMILES string of the molecule is CN1CCC(NS(=O)(=O)c2cccc(Cl)c2)CC1. The molecule has 0 aliphatic carbocycles. The van der Waals surface area contributed by atoms with Gasteiger partial charge in [-0.3, -0.25) is 0 Å². The summed E-state index contributed by atoms with van der Waals surface area (Å²) in [7, 11) is -1.41. The molecular formula is C12H17ClN2O2S. The molecule has 1 fully saturated rings. The predicted molar refractivity (Wildman–Crippen MR) is 72.3 cm³/mol. The summed E-state index contributed by atoms with van der Waals surface area (Å²) in [6.45, 7) is 1.84. The number of nitrogens with zero attached hydrogens (tertiary/aromatic N) is 1. The number of piperidine rings is 1. The quantitative estimate of drug-likeness (QED) is 0.921. The van der Waals surface area contributed by atoms with Crippen LogP contribution in [0.15, 0.2) is 29.2 Å². The number of sulfonamides is 1. The zero-order chi connectivity index (χ0) is 13.2. The number of hydrogen-bond acceptors (Lipinski definition) is 3. The summed E-state index contributed by atoms with van der Waals surface area (Å²) in [5.74, 6) is 0. The molecule has 0 saturated carbocycles. The molecule has 6 heteroatoms. The lowest BCUT2D eigenvalue weighted by Crippen LogP contribution is -2.43. The van der Waals surface area contributed by atoms with Crippen molar-refractivity contribution >= 4 is 21.6 Å². The number of likely N-dealkylation sites (tertiary alicyclic amines) is 1. The molecule has 1 N–H and O–H groups in total. The average Bonchev–Trinajstić information content (AvgIpc) is 2.32. The molecule has 1 heterocycles. The molecule has 1 saturated heterocycles. The summed E-state index contributed by atoms with van der Waals surface area (Å²) < 4.78 is 27.0. The first-order valence-corrected chi connectivity index (χ1v) is 7.80. The first-order valence-electron chi connectivity index (χ1n) is 5.94. The Bertz CT molecular complexity index is 511. The van der Waals surface area contributed by atoms with Gasteiger partial charge in [-0.05, 0) is 51.2 Å². The van der Waals surface area contributed by atoms with E-state index in [9.17, 15) is 8.42 Å². The van der Waals surface area contributed by atoms with Gasteiger partial charge in [0.1, 0.15) is 0 Å². The van der Waals surface area contributed by atoms with Crippen molar-refractivity contribution in [3.8, 4) is 0 Å². The van der Waals surface area contributed by atoms with Crippen molar-refractivity contribution in [3.05, 3.63) is 29.3 Å². The Morgan fingerprint density at radius 1 is 1.33 bits per heavy atom. The molecule has 2 rings (SSSR count). The zero-order valence-electron chi connectivity index (χ0n) is 10.3. The van der Waals surface area contributed by atoms with Gasteiger partial charge in [0.15, 0.2) is 0 Å². The minimum atomic E-state index is -3.45. The van der Waals surface area contributed by atoms with E-state index in [-0.39, 0.29) is 10.9 Å². The summed E-state index contributed by atoms with van der Waals surface area (Å²) in [4.78, 5) is 2.43. The first-order chi connectivity index (χ1) is 8.47. The molecule has 4 nitrogen and oxygen atoms in total. The van der Waals surface area contributed by atoms with Gasteiger partial charge in [0.25, 0.3) is 0 Å². The lowest BCUT2D eigenvalue weighted by atomic mass is 10.1. The fraction of sp³-hybridized carbons (Fsp3) is 0.500. The summed E-state index contributed by atoms with van der Waals surface area (Å²) in [6.07, 6.45) is 1.69. The van der Waals surface area contributed by atoms with E-state index in [0.717, 1.165) is 25.9 Å². The van der Waals surface area contributed by atoms with Crippen molar-refractivity contribution in [1.29, 1.82) is 0 Å². The lowest BCUT2D eigenvalue weighted by molar-refractivity contribution is 0.248. The van der Waals surface area contributed by atoms with E-state index in [1.165, 1.54) is 6.07 Å². The van der Waals surface area contributed by atoms with E-state index in [1.807, 2.05) is 7.05 Å². The highest BCUT2D eigenvalue weighted by atomic mass is 35.5. The fourth-order valence-electron chi connectivity index (χ4n) is 2.05. The third kappa shape index (κ3) is 3.45. The molecule has 100 valence electrons. The Morgan fingerprint density at radius 3 is 2.61 bits per heavy atom. The maximum absolute atomic E-state index is 12.2. The first kappa shape index (κ1) is 13.8. The van der Waals surface area contributed by atoms with Crippen molar-refractivity contribution in [1.82, 2.24) is 9.62 Å². The Labute approximate surface area is 113 Å². The largest absolute Gasteiger partial charge is 0.306 e. The molecule has 1 aromatic carbocycles. The molecule has 0 unspecified atom stereocenters. The predicted octanol–water partition coefficient (Wildman–Crippen LogP) is 1.71. The highest BCUT2D eigenvalue weighted by Gasteiger charge is 2.23. The van der Waals surface area contributed by atoms with Gasteiger partial charge in [-0.2, -0.15) is 0 Å². The molecule has 0 radical (unpaired) electrons. The van der Waals surface area contributed by atoms with Crippen LogP contribution in [0.5, 0.6) is 0 Å². The molecule has 0 atom stereocenters. The van der Waals surface area contributed by atoms with Crippen molar-refractivity contribution in [2.75, 3.05) is 20.1 Å². The molecule has 1 aliphatic rings. The second-order valence-corrected chi connectivity index (χ2v) is 6.81. The molecule has 0 amide bonds. The van der Waals surface area contributed by atoms with Gasteiger partial charge in [-0.25, -0.2) is 13.1 Å². The maximum Gasteiger partial charge on any atom is 0.240 e. The fourth-order valence-corrected chi connectivity index (χ4v) is 3.65. The third-order valence-electron chi connectivity index (χ3n) is 3.15. The van der Waals surface area contributed by atoms with Crippen LogP contribution in [0.3, 0.4) is 0 Å². The van der Waals surface area contributed by atoms with Crippen LogP contribution in [0.4, 0.5) is 0 Å². The number of nitrogens with one attached hydrogen (secondary N) is 1. The van der Waals surface area contributed by atoms with Crippen LogP contribution in [-0.2, 0) is 10.0 Å². The van der Waals surface area contributed by atoms with E-state index in [4.69, 9.17) is 11.6 Å². The van der Waals surface area contributed by atoms with Gasteiger partial charge in [-0.1, -0.05) is 17.7 Å². The van der Waals surface area contributed by atoms with Crippen LogP contribution in [0, 0.1) is 0 Å². The van der Waals surface area contributed by atoms with Crippen LogP contribution < -0.4 is 4.72 Å². The highest BCUT2D eigenvalue weighted by Crippen LogP contribution is 2.17. The van der Waals surface area contributed by atoms with Crippen LogP contribution in [0.25, 0.3) is 0 Å². The summed E-state index contributed by atoms with van der Waals surface area (Å²) in [6, 6.07) is 6.36. The molecule has 0 bridgehead atoms. The Kier molecular flexibility index (Phi) is 4.27. The summed E-state index contributed by atoms with van der Waals surface area (Å²) in [5, 5.41) is 0.432. The number of rotatable bonds is 3. The molecule has 0 spiro atoms. The van der Waals surface area contributed by atoms with Crippen LogP contribution in [0.1, 0.15) is 12.8 Å². The minimum absolute atomic E-state index is 0.0187. The Hall–Kier alpha value is -0.620. The second-order valence-electron chi connectivity index (χ2n) is 4.66. The van der Waals surface area contributed by atoms with Gasteiger partial charge in [0.2, 0.25) is 10.0 Å². The molecule has 0 aromatic heterocycles. The van der Waals surface area contributed by atoms with Crippen LogP contribution >= 0.6 is 11.6 Å².